The molecule has 0 aliphatic rings. The minimum atomic E-state index is -3.89. The maximum Gasteiger partial charge on any atom is 0.234 e. The Labute approximate surface area is 183 Å². The SMILES string of the molecule is Cc1cccc(-c2nc(S(=O)(=O)c3ccc(Br)cc3)c(NCc3cccnc3)o2)c1. The second-order valence-corrected chi connectivity index (χ2v) is 9.48. The van der Waals surface area contributed by atoms with Gasteiger partial charge in [-0.25, -0.2) is 8.42 Å². The Kier molecular flexibility index (Phi) is 5.69. The van der Waals surface area contributed by atoms with Gasteiger partial charge >= 0.3 is 0 Å². The summed E-state index contributed by atoms with van der Waals surface area (Å²) in [6.45, 7) is 2.30. The van der Waals surface area contributed by atoms with Gasteiger partial charge in [0.2, 0.25) is 26.6 Å². The Hall–Kier alpha value is -2.97. The molecule has 4 aromatic rings. The van der Waals surface area contributed by atoms with E-state index in [0.29, 0.717) is 12.1 Å². The number of oxazole rings is 1. The molecule has 4 rings (SSSR count). The Morgan fingerprint density at radius 3 is 2.57 bits per heavy atom. The van der Waals surface area contributed by atoms with E-state index >= 15 is 0 Å². The lowest BCUT2D eigenvalue weighted by atomic mass is 10.1. The van der Waals surface area contributed by atoms with E-state index in [0.717, 1.165) is 15.6 Å². The van der Waals surface area contributed by atoms with Gasteiger partial charge in [-0.2, -0.15) is 4.98 Å². The van der Waals surface area contributed by atoms with Crippen LogP contribution in [-0.4, -0.2) is 18.4 Å². The van der Waals surface area contributed by atoms with E-state index in [9.17, 15) is 8.42 Å². The number of nitrogens with zero attached hydrogens (tertiary/aromatic N) is 2. The lowest BCUT2D eigenvalue weighted by Crippen LogP contribution is -2.07. The lowest BCUT2D eigenvalue weighted by Gasteiger charge is -2.06. The summed E-state index contributed by atoms with van der Waals surface area (Å²) in [4.78, 5) is 8.58. The molecule has 0 saturated carbocycles. The van der Waals surface area contributed by atoms with Gasteiger partial charge in [0.25, 0.3) is 0 Å². The number of aryl methyl sites for hydroxylation is 1. The molecule has 0 spiro atoms. The Morgan fingerprint density at radius 1 is 1.07 bits per heavy atom. The summed E-state index contributed by atoms with van der Waals surface area (Å²) in [6, 6.07) is 17.7. The summed E-state index contributed by atoms with van der Waals surface area (Å²) in [5.41, 5.74) is 2.61. The van der Waals surface area contributed by atoms with Gasteiger partial charge in [0.05, 0.1) is 4.90 Å². The van der Waals surface area contributed by atoms with Gasteiger partial charge in [-0.05, 0) is 55.0 Å². The highest BCUT2D eigenvalue weighted by molar-refractivity contribution is 9.10. The van der Waals surface area contributed by atoms with Crippen molar-refractivity contribution >= 4 is 31.7 Å². The molecule has 152 valence electrons. The first-order valence-electron chi connectivity index (χ1n) is 9.15. The lowest BCUT2D eigenvalue weighted by molar-refractivity contribution is 0.576. The highest BCUT2D eigenvalue weighted by Gasteiger charge is 2.28. The number of benzene rings is 2. The summed E-state index contributed by atoms with van der Waals surface area (Å²) >= 11 is 3.33. The van der Waals surface area contributed by atoms with Crippen molar-refractivity contribution in [2.75, 3.05) is 5.32 Å². The Balaban J connectivity index is 1.77. The van der Waals surface area contributed by atoms with Gasteiger partial charge in [-0.15, -0.1) is 0 Å². The molecule has 0 atom stereocenters. The average Bonchev–Trinajstić information content (AvgIpc) is 3.19. The number of aromatic nitrogens is 2. The second-order valence-electron chi connectivity index (χ2n) is 6.69. The third-order valence-corrected chi connectivity index (χ3v) is 6.62. The fourth-order valence-electron chi connectivity index (χ4n) is 2.91. The molecule has 0 aliphatic heterocycles. The Morgan fingerprint density at radius 2 is 1.87 bits per heavy atom. The van der Waals surface area contributed by atoms with Crippen LogP contribution in [0.2, 0.25) is 0 Å². The van der Waals surface area contributed by atoms with E-state index in [1.165, 1.54) is 12.1 Å². The molecule has 0 aliphatic carbocycles. The highest BCUT2D eigenvalue weighted by Crippen LogP contribution is 2.33. The number of pyridine rings is 1. The van der Waals surface area contributed by atoms with Crippen LogP contribution in [0.1, 0.15) is 11.1 Å². The van der Waals surface area contributed by atoms with E-state index in [-0.39, 0.29) is 21.7 Å². The minimum Gasteiger partial charge on any atom is -0.419 e. The number of nitrogens with one attached hydrogen (secondary N) is 1. The van der Waals surface area contributed by atoms with E-state index in [1.807, 2.05) is 43.3 Å². The first-order valence-corrected chi connectivity index (χ1v) is 11.4. The van der Waals surface area contributed by atoms with E-state index in [2.05, 4.69) is 31.2 Å². The quantitative estimate of drug-likeness (QED) is 0.402. The second kappa shape index (κ2) is 8.41. The molecule has 2 heterocycles. The monoisotopic (exact) mass is 483 g/mol. The van der Waals surface area contributed by atoms with Crippen LogP contribution in [0.4, 0.5) is 5.88 Å². The number of hydrogen-bond acceptors (Lipinski definition) is 6. The standard InChI is InChI=1S/C22H18BrN3O3S/c1-15-4-2-6-17(12-15)20-26-22(30(27,28)19-9-7-18(23)8-10-19)21(29-20)25-14-16-5-3-11-24-13-16/h2-13,25H,14H2,1H3. The summed E-state index contributed by atoms with van der Waals surface area (Å²) < 4.78 is 33.3. The fraction of sp³-hybridized carbons (Fsp3) is 0.0909. The summed E-state index contributed by atoms with van der Waals surface area (Å²) in [7, 11) is -3.89. The number of hydrogen-bond donors (Lipinski definition) is 1. The minimum absolute atomic E-state index is 0.0956. The van der Waals surface area contributed by atoms with Gasteiger partial charge < -0.3 is 9.73 Å². The van der Waals surface area contributed by atoms with Crippen molar-refractivity contribution in [3.05, 3.63) is 88.7 Å². The van der Waals surface area contributed by atoms with Crippen molar-refractivity contribution in [3.63, 3.8) is 0 Å². The topological polar surface area (TPSA) is 85.1 Å². The van der Waals surface area contributed by atoms with Gasteiger partial charge in [0.15, 0.2) is 0 Å². The molecule has 0 radical (unpaired) electrons. The fourth-order valence-corrected chi connectivity index (χ4v) is 4.45. The third-order valence-electron chi connectivity index (χ3n) is 4.42. The third kappa shape index (κ3) is 4.29. The molecular formula is C22H18BrN3O3S. The highest BCUT2D eigenvalue weighted by atomic mass is 79.9. The first kappa shape index (κ1) is 20.3. The smallest absolute Gasteiger partial charge is 0.234 e. The van der Waals surface area contributed by atoms with Gasteiger partial charge in [-0.3, -0.25) is 4.98 Å². The average molecular weight is 484 g/mol. The van der Waals surface area contributed by atoms with Crippen LogP contribution in [0.3, 0.4) is 0 Å². The maximum absolute atomic E-state index is 13.3. The summed E-state index contributed by atoms with van der Waals surface area (Å²) in [5, 5.41) is 2.92. The molecule has 30 heavy (non-hydrogen) atoms. The molecule has 0 saturated heterocycles. The number of rotatable bonds is 6. The molecular weight excluding hydrogens is 466 g/mol. The van der Waals surface area contributed by atoms with E-state index < -0.39 is 9.84 Å². The van der Waals surface area contributed by atoms with Gasteiger partial charge in [-0.1, -0.05) is 39.7 Å². The molecule has 0 amide bonds. The molecule has 2 aromatic heterocycles. The largest absolute Gasteiger partial charge is 0.419 e. The zero-order valence-electron chi connectivity index (χ0n) is 16.0. The van der Waals surface area contributed by atoms with E-state index in [1.54, 1.807) is 24.5 Å². The van der Waals surface area contributed by atoms with Crippen molar-refractivity contribution < 1.29 is 12.8 Å². The molecule has 0 unspecified atom stereocenters. The molecule has 8 heteroatoms. The van der Waals surface area contributed by atoms with Crippen LogP contribution in [0.25, 0.3) is 11.5 Å². The predicted molar refractivity (Wildman–Crippen MR) is 118 cm³/mol. The van der Waals surface area contributed by atoms with Crippen LogP contribution in [0.5, 0.6) is 0 Å². The van der Waals surface area contributed by atoms with Crippen LogP contribution >= 0.6 is 15.9 Å². The van der Waals surface area contributed by atoms with Gasteiger partial charge in [0.1, 0.15) is 0 Å². The number of sulfone groups is 1. The molecule has 0 bridgehead atoms. The zero-order chi connectivity index (χ0) is 21.1. The zero-order valence-corrected chi connectivity index (χ0v) is 18.4. The maximum atomic E-state index is 13.3. The molecule has 0 fully saturated rings. The van der Waals surface area contributed by atoms with Crippen LogP contribution in [0.15, 0.2) is 91.9 Å². The Bertz CT molecular complexity index is 1270. The van der Waals surface area contributed by atoms with Crippen LogP contribution < -0.4 is 5.32 Å². The molecule has 2 aromatic carbocycles. The molecule has 1 N–H and O–H groups in total. The summed E-state index contributed by atoms with van der Waals surface area (Å²) in [5.74, 6) is 0.335. The van der Waals surface area contributed by atoms with E-state index in [4.69, 9.17) is 4.42 Å². The predicted octanol–water partition coefficient (Wildman–Crippen LogP) is 5.25. The summed E-state index contributed by atoms with van der Waals surface area (Å²) in [6.07, 6.45) is 3.38. The number of halogens is 1. The normalized spacial score (nSPS) is 11.4. The van der Waals surface area contributed by atoms with Crippen LogP contribution in [0, 0.1) is 6.92 Å². The number of anilines is 1. The van der Waals surface area contributed by atoms with Crippen molar-refractivity contribution in [1.29, 1.82) is 0 Å². The van der Waals surface area contributed by atoms with Crippen molar-refractivity contribution in [1.82, 2.24) is 9.97 Å². The molecule has 6 nitrogen and oxygen atoms in total. The van der Waals surface area contributed by atoms with Gasteiger partial charge in [0, 0.05) is 29.0 Å². The van der Waals surface area contributed by atoms with Crippen molar-refractivity contribution in [2.24, 2.45) is 0 Å². The van der Waals surface area contributed by atoms with Crippen molar-refractivity contribution in [2.45, 2.75) is 23.4 Å². The van der Waals surface area contributed by atoms with Crippen LogP contribution in [-0.2, 0) is 16.4 Å². The first-order chi connectivity index (χ1) is 14.4. The van der Waals surface area contributed by atoms with Crippen molar-refractivity contribution in [3.8, 4) is 11.5 Å².